The van der Waals surface area contributed by atoms with Gasteiger partial charge in [-0.1, -0.05) is 12.1 Å². The monoisotopic (exact) mass is 285 g/mol. The second-order valence-electron chi connectivity index (χ2n) is 4.64. The highest BCUT2D eigenvalue weighted by Crippen LogP contribution is 2.16. The summed E-state index contributed by atoms with van der Waals surface area (Å²) in [5, 5.41) is 5.96. The van der Waals surface area contributed by atoms with E-state index in [2.05, 4.69) is 15.6 Å². The first-order valence-electron chi connectivity index (χ1n) is 6.77. The van der Waals surface area contributed by atoms with Gasteiger partial charge < -0.3 is 15.4 Å². The lowest BCUT2D eigenvalue weighted by Crippen LogP contribution is -2.30. The number of hydrogen-bond acceptors (Lipinski definition) is 4. The van der Waals surface area contributed by atoms with Crippen molar-refractivity contribution < 1.29 is 9.53 Å². The Labute approximate surface area is 124 Å². The number of aromatic nitrogens is 1. The third-order valence-electron chi connectivity index (χ3n) is 3.05. The van der Waals surface area contributed by atoms with E-state index in [9.17, 15) is 4.79 Å². The number of rotatable bonds is 6. The molecule has 0 fully saturated rings. The fraction of sp³-hybridized carbons (Fsp3) is 0.250. The van der Waals surface area contributed by atoms with Gasteiger partial charge in [-0.2, -0.15) is 0 Å². The first-order chi connectivity index (χ1) is 10.2. The number of anilines is 1. The quantitative estimate of drug-likeness (QED) is 0.855. The zero-order chi connectivity index (χ0) is 15.1. The fourth-order valence-corrected chi connectivity index (χ4v) is 1.89. The van der Waals surface area contributed by atoms with Crippen molar-refractivity contribution in [1.82, 2.24) is 10.3 Å². The largest absolute Gasteiger partial charge is 0.497 e. The van der Waals surface area contributed by atoms with Gasteiger partial charge in [0.05, 0.1) is 19.3 Å². The zero-order valence-electron chi connectivity index (χ0n) is 12.2. The van der Waals surface area contributed by atoms with Crippen molar-refractivity contribution in [2.75, 3.05) is 19.0 Å². The molecule has 1 atom stereocenters. The van der Waals surface area contributed by atoms with Gasteiger partial charge in [-0.05, 0) is 31.2 Å². The maximum atomic E-state index is 11.9. The first-order valence-corrected chi connectivity index (χ1v) is 6.77. The molecule has 0 saturated heterocycles. The summed E-state index contributed by atoms with van der Waals surface area (Å²) in [6.45, 7) is 2.19. The van der Waals surface area contributed by atoms with Gasteiger partial charge in [0.15, 0.2) is 0 Å². The molecule has 0 aliphatic carbocycles. The Bertz CT molecular complexity index is 587. The van der Waals surface area contributed by atoms with Crippen LogP contribution in [0.1, 0.15) is 18.7 Å². The maximum Gasteiger partial charge on any atom is 0.238 e. The van der Waals surface area contributed by atoms with Crippen molar-refractivity contribution in [1.29, 1.82) is 0 Å². The lowest BCUT2D eigenvalue weighted by molar-refractivity contribution is -0.115. The molecule has 2 N–H and O–H groups in total. The molecule has 0 unspecified atom stereocenters. The van der Waals surface area contributed by atoms with Crippen LogP contribution in [0, 0.1) is 0 Å². The van der Waals surface area contributed by atoms with E-state index in [0.29, 0.717) is 11.4 Å². The number of carbonyl (C=O) groups excluding carboxylic acids is 1. The molecule has 0 spiro atoms. The summed E-state index contributed by atoms with van der Waals surface area (Å²) in [6.07, 6.45) is 1.74. The van der Waals surface area contributed by atoms with E-state index in [1.807, 2.05) is 43.3 Å². The average molecular weight is 285 g/mol. The van der Waals surface area contributed by atoms with Crippen LogP contribution in [-0.4, -0.2) is 24.5 Å². The summed E-state index contributed by atoms with van der Waals surface area (Å²) in [6, 6.07) is 13.0. The summed E-state index contributed by atoms with van der Waals surface area (Å²) < 4.78 is 5.12. The van der Waals surface area contributed by atoms with Gasteiger partial charge in [-0.15, -0.1) is 0 Å². The number of carbonyl (C=O) groups is 1. The van der Waals surface area contributed by atoms with Crippen LogP contribution in [-0.2, 0) is 4.79 Å². The molecule has 0 bridgehead atoms. The Hall–Kier alpha value is -2.40. The Morgan fingerprint density at radius 2 is 2.14 bits per heavy atom. The smallest absolute Gasteiger partial charge is 0.238 e. The summed E-state index contributed by atoms with van der Waals surface area (Å²) in [5.41, 5.74) is 1.62. The summed E-state index contributed by atoms with van der Waals surface area (Å²) >= 11 is 0. The van der Waals surface area contributed by atoms with Crippen molar-refractivity contribution in [3.63, 3.8) is 0 Å². The molecule has 1 aromatic heterocycles. The van der Waals surface area contributed by atoms with Gasteiger partial charge in [0, 0.05) is 24.0 Å². The van der Waals surface area contributed by atoms with E-state index in [1.165, 1.54) is 0 Å². The predicted octanol–water partition coefficient (Wildman–Crippen LogP) is 2.38. The van der Waals surface area contributed by atoms with E-state index in [0.717, 1.165) is 5.69 Å². The van der Waals surface area contributed by atoms with Gasteiger partial charge in [0.25, 0.3) is 0 Å². The van der Waals surface area contributed by atoms with E-state index in [1.54, 1.807) is 19.4 Å². The molecule has 0 aliphatic heterocycles. The molecule has 21 heavy (non-hydrogen) atoms. The molecule has 5 nitrogen and oxygen atoms in total. The van der Waals surface area contributed by atoms with Crippen LogP contribution in [0.3, 0.4) is 0 Å². The maximum absolute atomic E-state index is 11.9. The van der Waals surface area contributed by atoms with Crippen molar-refractivity contribution in [2.24, 2.45) is 0 Å². The second kappa shape index (κ2) is 7.40. The average Bonchev–Trinajstić information content (AvgIpc) is 2.53. The minimum Gasteiger partial charge on any atom is -0.497 e. The Balaban J connectivity index is 1.84. The molecule has 1 amide bonds. The van der Waals surface area contributed by atoms with E-state index in [-0.39, 0.29) is 18.5 Å². The van der Waals surface area contributed by atoms with Crippen molar-refractivity contribution in [3.8, 4) is 5.75 Å². The molecule has 1 heterocycles. The second-order valence-corrected chi connectivity index (χ2v) is 4.64. The third-order valence-corrected chi connectivity index (χ3v) is 3.05. The van der Waals surface area contributed by atoms with Crippen LogP contribution < -0.4 is 15.4 Å². The first kappa shape index (κ1) is 15.0. The number of nitrogens with zero attached hydrogens (tertiary/aromatic N) is 1. The lowest BCUT2D eigenvalue weighted by atomic mass is 10.2. The van der Waals surface area contributed by atoms with Gasteiger partial charge in [-0.3, -0.25) is 9.78 Å². The molecule has 1 aromatic carbocycles. The van der Waals surface area contributed by atoms with Crippen LogP contribution in [0.2, 0.25) is 0 Å². The SMILES string of the molecule is COc1cccc(NC(=O)CN[C@@H](C)c2ccccn2)c1. The van der Waals surface area contributed by atoms with Crippen molar-refractivity contribution in [2.45, 2.75) is 13.0 Å². The summed E-state index contributed by atoms with van der Waals surface area (Å²) in [4.78, 5) is 16.2. The number of benzene rings is 1. The van der Waals surface area contributed by atoms with Crippen LogP contribution in [0.15, 0.2) is 48.7 Å². The van der Waals surface area contributed by atoms with Crippen LogP contribution >= 0.6 is 0 Å². The summed E-state index contributed by atoms with van der Waals surface area (Å²) in [7, 11) is 1.59. The number of pyridine rings is 1. The Kier molecular flexibility index (Phi) is 5.29. The normalized spacial score (nSPS) is 11.7. The highest BCUT2D eigenvalue weighted by molar-refractivity contribution is 5.92. The molecule has 2 rings (SSSR count). The molecule has 110 valence electrons. The molecular weight excluding hydrogens is 266 g/mol. The molecule has 0 saturated carbocycles. The summed E-state index contributed by atoms with van der Waals surface area (Å²) in [5.74, 6) is 0.605. The van der Waals surface area contributed by atoms with E-state index < -0.39 is 0 Å². The minimum atomic E-state index is -0.106. The topological polar surface area (TPSA) is 63.2 Å². The number of hydrogen-bond donors (Lipinski definition) is 2. The van der Waals surface area contributed by atoms with Crippen LogP contribution in [0.25, 0.3) is 0 Å². The van der Waals surface area contributed by atoms with Gasteiger partial charge in [0.2, 0.25) is 5.91 Å². The molecule has 0 aliphatic rings. The number of ether oxygens (including phenoxy) is 1. The number of amides is 1. The third kappa shape index (κ3) is 4.57. The van der Waals surface area contributed by atoms with Crippen LogP contribution in [0.4, 0.5) is 5.69 Å². The van der Waals surface area contributed by atoms with Crippen LogP contribution in [0.5, 0.6) is 5.75 Å². The predicted molar refractivity (Wildman–Crippen MR) is 82.3 cm³/mol. The minimum absolute atomic E-state index is 0.0160. The molecule has 2 aromatic rings. The van der Waals surface area contributed by atoms with Crippen molar-refractivity contribution in [3.05, 3.63) is 54.4 Å². The van der Waals surface area contributed by atoms with Crippen molar-refractivity contribution >= 4 is 11.6 Å². The standard InChI is InChI=1S/C16H19N3O2/c1-12(15-8-3-4-9-17-15)18-11-16(20)19-13-6-5-7-14(10-13)21-2/h3-10,12,18H,11H2,1-2H3,(H,19,20)/t12-/m0/s1. The highest BCUT2D eigenvalue weighted by Gasteiger charge is 2.08. The Morgan fingerprint density at radius 1 is 1.29 bits per heavy atom. The fourth-order valence-electron chi connectivity index (χ4n) is 1.89. The van der Waals surface area contributed by atoms with Gasteiger partial charge in [-0.25, -0.2) is 0 Å². The van der Waals surface area contributed by atoms with Gasteiger partial charge >= 0.3 is 0 Å². The lowest BCUT2D eigenvalue weighted by Gasteiger charge is -2.13. The number of methoxy groups -OCH3 is 1. The number of nitrogens with one attached hydrogen (secondary N) is 2. The van der Waals surface area contributed by atoms with E-state index >= 15 is 0 Å². The zero-order valence-corrected chi connectivity index (χ0v) is 12.2. The highest BCUT2D eigenvalue weighted by atomic mass is 16.5. The molecule has 5 heteroatoms. The molecule has 0 radical (unpaired) electrons. The van der Waals surface area contributed by atoms with Gasteiger partial charge in [0.1, 0.15) is 5.75 Å². The van der Waals surface area contributed by atoms with E-state index in [4.69, 9.17) is 4.74 Å². The Morgan fingerprint density at radius 3 is 2.86 bits per heavy atom. The molecular formula is C16H19N3O2.